The van der Waals surface area contributed by atoms with Crippen molar-refractivity contribution in [1.82, 2.24) is 0 Å². The van der Waals surface area contributed by atoms with E-state index in [4.69, 9.17) is 0 Å². The molecule has 0 N–H and O–H groups in total. The lowest BCUT2D eigenvalue weighted by atomic mass is 9.73. The molecule has 0 aromatic heterocycles. The molecule has 0 heteroatoms. The fourth-order valence-corrected chi connectivity index (χ4v) is 1.56. The van der Waals surface area contributed by atoms with E-state index in [2.05, 4.69) is 46.9 Å². The minimum atomic E-state index is 0.237. The van der Waals surface area contributed by atoms with Gasteiger partial charge in [-0.05, 0) is 24.7 Å². The van der Waals surface area contributed by atoms with Gasteiger partial charge in [-0.2, -0.15) is 0 Å². The highest BCUT2D eigenvalue weighted by molar-refractivity contribution is 5.04. The molecule has 0 nitrogen and oxygen atoms in total. The van der Waals surface area contributed by atoms with Gasteiger partial charge >= 0.3 is 0 Å². The topological polar surface area (TPSA) is 0 Å². The molecule has 0 radical (unpaired) electrons. The minimum Gasteiger partial charge on any atom is -0.103 e. The number of hydrogen-bond acceptors (Lipinski definition) is 0. The molecule has 12 heavy (non-hydrogen) atoms. The van der Waals surface area contributed by atoms with Crippen molar-refractivity contribution < 1.29 is 0 Å². The Bertz CT molecular complexity index is 167. The van der Waals surface area contributed by atoms with E-state index in [0.717, 1.165) is 6.42 Å². The van der Waals surface area contributed by atoms with Crippen molar-refractivity contribution in [3.8, 4) is 0 Å². The molecule has 0 saturated carbocycles. The second-order valence-electron chi connectivity index (χ2n) is 4.15. The lowest BCUT2D eigenvalue weighted by molar-refractivity contribution is 0.266. The van der Waals surface area contributed by atoms with E-state index in [-0.39, 0.29) is 5.41 Å². The van der Waals surface area contributed by atoms with Gasteiger partial charge in [-0.3, -0.25) is 0 Å². The summed E-state index contributed by atoms with van der Waals surface area (Å²) in [5, 5.41) is 0. The Morgan fingerprint density at radius 1 is 1.58 bits per heavy atom. The summed E-state index contributed by atoms with van der Waals surface area (Å²) < 4.78 is 0. The Morgan fingerprint density at radius 2 is 2.08 bits per heavy atom. The van der Waals surface area contributed by atoms with E-state index in [9.17, 15) is 0 Å². The van der Waals surface area contributed by atoms with Crippen LogP contribution in [0.3, 0.4) is 0 Å². The van der Waals surface area contributed by atoms with Gasteiger partial charge in [0.1, 0.15) is 0 Å². The van der Waals surface area contributed by atoms with Crippen molar-refractivity contribution in [3.05, 3.63) is 24.8 Å². The lowest BCUT2D eigenvalue weighted by Gasteiger charge is -2.32. The first-order valence-electron chi connectivity index (χ1n) is 4.74. The van der Waals surface area contributed by atoms with Gasteiger partial charge in [0, 0.05) is 0 Å². The molecule has 0 heterocycles. The van der Waals surface area contributed by atoms with Crippen molar-refractivity contribution in [1.29, 1.82) is 0 Å². The SMILES string of the molecule is C=CC(C)(CC(=C)C)C(C)CC. The van der Waals surface area contributed by atoms with Crippen molar-refractivity contribution >= 4 is 0 Å². The van der Waals surface area contributed by atoms with Crippen molar-refractivity contribution in [2.75, 3.05) is 0 Å². The maximum atomic E-state index is 3.96. The van der Waals surface area contributed by atoms with Crippen molar-refractivity contribution in [2.24, 2.45) is 11.3 Å². The molecule has 0 fully saturated rings. The van der Waals surface area contributed by atoms with E-state index >= 15 is 0 Å². The Hall–Kier alpha value is -0.520. The molecule has 70 valence electrons. The largest absolute Gasteiger partial charge is 0.103 e. The van der Waals surface area contributed by atoms with Crippen LogP contribution < -0.4 is 0 Å². The molecule has 0 aliphatic carbocycles. The van der Waals surface area contributed by atoms with Gasteiger partial charge in [0.25, 0.3) is 0 Å². The highest BCUT2D eigenvalue weighted by Crippen LogP contribution is 2.36. The zero-order valence-electron chi connectivity index (χ0n) is 8.98. The number of allylic oxidation sites excluding steroid dienone is 2. The third-order valence-corrected chi connectivity index (χ3v) is 2.89. The van der Waals surface area contributed by atoms with Gasteiger partial charge in [-0.25, -0.2) is 0 Å². The smallest absolute Gasteiger partial charge is 0.00868 e. The van der Waals surface area contributed by atoms with Gasteiger partial charge in [-0.15, -0.1) is 13.2 Å². The van der Waals surface area contributed by atoms with Crippen LogP contribution in [-0.4, -0.2) is 0 Å². The molecule has 0 rings (SSSR count). The first-order chi connectivity index (χ1) is 5.46. The summed E-state index contributed by atoms with van der Waals surface area (Å²) in [6, 6.07) is 0. The van der Waals surface area contributed by atoms with E-state index < -0.39 is 0 Å². The minimum absolute atomic E-state index is 0.237. The van der Waals surface area contributed by atoms with Gasteiger partial charge in [0.2, 0.25) is 0 Å². The summed E-state index contributed by atoms with van der Waals surface area (Å²) in [6.45, 7) is 16.7. The first-order valence-corrected chi connectivity index (χ1v) is 4.74. The summed E-state index contributed by atoms with van der Waals surface area (Å²) in [5.41, 5.74) is 1.48. The summed E-state index contributed by atoms with van der Waals surface area (Å²) in [7, 11) is 0. The summed E-state index contributed by atoms with van der Waals surface area (Å²) in [6.07, 6.45) is 4.34. The Morgan fingerprint density at radius 3 is 2.33 bits per heavy atom. The average molecular weight is 166 g/mol. The summed E-state index contributed by atoms with van der Waals surface area (Å²) >= 11 is 0. The molecule has 0 amide bonds. The predicted octanol–water partition coefficient (Wildman–Crippen LogP) is 4.19. The van der Waals surface area contributed by atoms with E-state index in [1.54, 1.807) is 0 Å². The van der Waals surface area contributed by atoms with E-state index in [1.165, 1.54) is 12.0 Å². The maximum absolute atomic E-state index is 3.96. The molecule has 0 aliphatic heterocycles. The van der Waals surface area contributed by atoms with Gasteiger partial charge in [0.05, 0.1) is 0 Å². The molecular formula is C12H22. The highest BCUT2D eigenvalue weighted by Gasteiger charge is 2.26. The molecule has 0 aliphatic rings. The zero-order valence-corrected chi connectivity index (χ0v) is 8.98. The number of rotatable bonds is 5. The zero-order chi connectivity index (χ0) is 9.78. The quantitative estimate of drug-likeness (QED) is 0.537. The second kappa shape index (κ2) is 4.49. The molecule has 0 aromatic rings. The third-order valence-electron chi connectivity index (χ3n) is 2.89. The van der Waals surface area contributed by atoms with Crippen LogP contribution in [-0.2, 0) is 0 Å². The molecule has 0 saturated heterocycles. The van der Waals surface area contributed by atoms with Crippen LogP contribution in [0, 0.1) is 11.3 Å². The third kappa shape index (κ3) is 2.84. The van der Waals surface area contributed by atoms with Crippen LogP contribution in [0.4, 0.5) is 0 Å². The van der Waals surface area contributed by atoms with E-state index in [0.29, 0.717) is 5.92 Å². The molecule has 0 spiro atoms. The van der Waals surface area contributed by atoms with Crippen LogP contribution in [0.15, 0.2) is 24.8 Å². The normalized spacial score (nSPS) is 18.0. The van der Waals surface area contributed by atoms with Crippen molar-refractivity contribution in [2.45, 2.75) is 40.5 Å². The van der Waals surface area contributed by atoms with Crippen LogP contribution in [0.2, 0.25) is 0 Å². The predicted molar refractivity (Wildman–Crippen MR) is 57.2 cm³/mol. The summed E-state index contributed by atoms with van der Waals surface area (Å²) in [5.74, 6) is 0.687. The fourth-order valence-electron chi connectivity index (χ4n) is 1.56. The Balaban J connectivity index is 4.43. The van der Waals surface area contributed by atoms with Gasteiger partial charge in [-0.1, -0.05) is 38.8 Å². The molecular weight excluding hydrogens is 144 g/mol. The Labute approximate surface area is 77.4 Å². The van der Waals surface area contributed by atoms with Crippen molar-refractivity contribution in [3.63, 3.8) is 0 Å². The lowest BCUT2D eigenvalue weighted by Crippen LogP contribution is -2.22. The standard InChI is InChI=1S/C12H22/c1-7-11(5)12(6,8-2)9-10(3)4/h8,11H,2-3,7,9H2,1,4-6H3. The van der Waals surface area contributed by atoms with Crippen LogP contribution in [0.5, 0.6) is 0 Å². The first kappa shape index (κ1) is 11.5. The second-order valence-corrected chi connectivity index (χ2v) is 4.15. The van der Waals surface area contributed by atoms with Crippen LogP contribution >= 0.6 is 0 Å². The fraction of sp³-hybridized carbons (Fsp3) is 0.667. The van der Waals surface area contributed by atoms with E-state index in [1.807, 2.05) is 0 Å². The molecule has 2 atom stereocenters. The van der Waals surface area contributed by atoms with Crippen LogP contribution in [0.25, 0.3) is 0 Å². The van der Waals surface area contributed by atoms with Gasteiger partial charge in [0.15, 0.2) is 0 Å². The monoisotopic (exact) mass is 166 g/mol. The van der Waals surface area contributed by atoms with Crippen LogP contribution in [0.1, 0.15) is 40.5 Å². The highest BCUT2D eigenvalue weighted by atomic mass is 14.3. The molecule has 2 unspecified atom stereocenters. The molecule has 0 bridgehead atoms. The maximum Gasteiger partial charge on any atom is -0.00868 e. The van der Waals surface area contributed by atoms with Gasteiger partial charge < -0.3 is 0 Å². The molecule has 0 aromatic carbocycles. The summed E-state index contributed by atoms with van der Waals surface area (Å²) in [4.78, 5) is 0. The number of hydrogen-bond donors (Lipinski definition) is 0. The Kier molecular flexibility index (Phi) is 4.30. The average Bonchev–Trinajstić information content (AvgIpc) is 2.01.